The summed E-state index contributed by atoms with van der Waals surface area (Å²) >= 11 is 0. The van der Waals surface area contributed by atoms with Crippen molar-refractivity contribution in [2.24, 2.45) is 0 Å². The van der Waals surface area contributed by atoms with Gasteiger partial charge in [0.2, 0.25) is 5.95 Å². The topological polar surface area (TPSA) is 48.3 Å². The van der Waals surface area contributed by atoms with Gasteiger partial charge >= 0.3 is 0 Å². The fourth-order valence-corrected chi connectivity index (χ4v) is 2.23. The highest BCUT2D eigenvalue weighted by Crippen LogP contribution is 2.25. The summed E-state index contributed by atoms with van der Waals surface area (Å²) in [7, 11) is 1.76. The van der Waals surface area contributed by atoms with Crippen LogP contribution in [0.1, 0.15) is 26.2 Å². The predicted molar refractivity (Wildman–Crippen MR) is 70.8 cm³/mol. The molecule has 5 nitrogen and oxygen atoms in total. The van der Waals surface area contributed by atoms with E-state index in [2.05, 4.69) is 21.8 Å². The van der Waals surface area contributed by atoms with E-state index in [1.54, 1.807) is 7.11 Å². The molecular weight excluding hydrogens is 230 g/mol. The third kappa shape index (κ3) is 3.03. The van der Waals surface area contributed by atoms with E-state index in [4.69, 9.17) is 9.47 Å². The Labute approximate surface area is 108 Å². The van der Waals surface area contributed by atoms with Crippen molar-refractivity contribution in [3.63, 3.8) is 0 Å². The van der Waals surface area contributed by atoms with Gasteiger partial charge in [0, 0.05) is 39.1 Å². The minimum atomic E-state index is -0.193. The number of nitrogens with one attached hydrogen (secondary N) is 1. The second-order valence-corrected chi connectivity index (χ2v) is 4.85. The highest BCUT2D eigenvalue weighted by molar-refractivity contribution is 5.26. The second-order valence-electron chi connectivity index (χ2n) is 4.85. The fraction of sp³-hybridized carbons (Fsp3) is 0.769. The Balaban J connectivity index is 1.98. The largest absolute Gasteiger partial charge is 0.378 e. The first kappa shape index (κ1) is 13.4. The Hall–Kier alpha value is -1.07. The van der Waals surface area contributed by atoms with Crippen molar-refractivity contribution in [2.75, 3.05) is 32.2 Å². The third-order valence-corrected chi connectivity index (χ3v) is 3.49. The molecule has 1 atom stereocenters. The van der Waals surface area contributed by atoms with Crippen LogP contribution in [-0.4, -0.2) is 42.0 Å². The molecule has 18 heavy (non-hydrogen) atoms. The van der Waals surface area contributed by atoms with Crippen LogP contribution in [0.2, 0.25) is 0 Å². The average molecular weight is 253 g/mol. The van der Waals surface area contributed by atoms with Crippen LogP contribution in [-0.2, 0) is 16.0 Å². The van der Waals surface area contributed by atoms with Crippen molar-refractivity contribution in [3.8, 4) is 0 Å². The summed E-state index contributed by atoms with van der Waals surface area (Å²) < 4.78 is 13.2. The van der Waals surface area contributed by atoms with Crippen molar-refractivity contribution >= 4 is 5.95 Å². The van der Waals surface area contributed by atoms with Crippen LogP contribution < -0.4 is 5.32 Å². The number of hydrogen-bond donors (Lipinski definition) is 1. The molecule has 0 spiro atoms. The maximum absolute atomic E-state index is 5.65. The molecule has 102 valence electrons. The molecule has 1 aliphatic rings. The molecule has 1 N–H and O–H groups in total. The van der Waals surface area contributed by atoms with Gasteiger partial charge in [0.05, 0.1) is 13.2 Å². The molecule has 0 amide bonds. The number of anilines is 1. The zero-order valence-corrected chi connectivity index (χ0v) is 11.3. The molecule has 2 heterocycles. The smallest absolute Gasteiger partial charge is 0.202 e. The minimum Gasteiger partial charge on any atom is -0.378 e. The van der Waals surface area contributed by atoms with Gasteiger partial charge in [-0.15, -0.1) is 0 Å². The number of hydrogen-bond acceptors (Lipinski definition) is 4. The van der Waals surface area contributed by atoms with Gasteiger partial charge in [-0.05, 0) is 6.42 Å². The summed E-state index contributed by atoms with van der Waals surface area (Å²) in [6.45, 7) is 5.38. The van der Waals surface area contributed by atoms with E-state index in [-0.39, 0.29) is 5.60 Å². The summed E-state index contributed by atoms with van der Waals surface area (Å²) in [4.78, 5) is 4.35. The lowest BCUT2D eigenvalue weighted by atomic mass is 10.0. The van der Waals surface area contributed by atoms with Gasteiger partial charge in [-0.3, -0.25) is 0 Å². The minimum absolute atomic E-state index is 0.193. The molecule has 1 fully saturated rings. The third-order valence-electron chi connectivity index (χ3n) is 3.49. The number of rotatable bonds is 7. The Bertz CT molecular complexity index is 359. The summed E-state index contributed by atoms with van der Waals surface area (Å²) in [5.74, 6) is 0.923. The lowest BCUT2D eigenvalue weighted by Gasteiger charge is -2.26. The lowest BCUT2D eigenvalue weighted by molar-refractivity contribution is -0.0291. The van der Waals surface area contributed by atoms with Gasteiger partial charge in [0.25, 0.3) is 0 Å². The van der Waals surface area contributed by atoms with Crippen LogP contribution in [0.15, 0.2) is 12.4 Å². The van der Waals surface area contributed by atoms with Crippen LogP contribution in [0.5, 0.6) is 0 Å². The number of unbranched alkanes of at least 4 members (excludes halogenated alkanes) is 1. The first-order chi connectivity index (χ1) is 8.79. The molecule has 2 rings (SSSR count). The summed E-state index contributed by atoms with van der Waals surface area (Å²) in [6.07, 6.45) is 7.10. The lowest BCUT2D eigenvalue weighted by Crippen LogP contribution is -2.37. The Morgan fingerprint density at radius 3 is 3.17 bits per heavy atom. The van der Waals surface area contributed by atoms with Crippen molar-refractivity contribution in [3.05, 3.63) is 12.4 Å². The highest BCUT2D eigenvalue weighted by Gasteiger charge is 2.35. The van der Waals surface area contributed by atoms with E-state index in [0.29, 0.717) is 6.61 Å². The summed E-state index contributed by atoms with van der Waals surface area (Å²) in [5, 5.41) is 3.36. The van der Waals surface area contributed by atoms with Crippen molar-refractivity contribution < 1.29 is 9.47 Å². The normalized spacial score (nSPS) is 23.4. The number of nitrogens with zero attached hydrogens (tertiary/aromatic N) is 2. The number of methoxy groups -OCH3 is 1. The van der Waals surface area contributed by atoms with Crippen LogP contribution in [0.25, 0.3) is 0 Å². The van der Waals surface area contributed by atoms with Gasteiger partial charge in [-0.25, -0.2) is 4.98 Å². The van der Waals surface area contributed by atoms with Crippen LogP contribution in [0.3, 0.4) is 0 Å². The average Bonchev–Trinajstić information content (AvgIpc) is 3.01. The number of aromatic nitrogens is 2. The molecule has 1 aliphatic heterocycles. The summed E-state index contributed by atoms with van der Waals surface area (Å²) in [6, 6.07) is 0. The molecule has 0 aliphatic carbocycles. The van der Waals surface area contributed by atoms with E-state index in [0.717, 1.165) is 38.5 Å². The molecule has 0 bridgehead atoms. The van der Waals surface area contributed by atoms with Crippen LogP contribution in [0, 0.1) is 0 Å². The zero-order valence-electron chi connectivity index (χ0n) is 11.3. The fourth-order valence-electron chi connectivity index (χ4n) is 2.23. The molecule has 1 aromatic rings. The van der Waals surface area contributed by atoms with Crippen molar-refractivity contribution in [1.29, 1.82) is 0 Å². The van der Waals surface area contributed by atoms with E-state index in [1.165, 1.54) is 6.42 Å². The molecule has 1 saturated heterocycles. The van der Waals surface area contributed by atoms with E-state index < -0.39 is 0 Å². The highest BCUT2D eigenvalue weighted by atomic mass is 16.5. The molecule has 1 aromatic heterocycles. The molecule has 0 saturated carbocycles. The van der Waals surface area contributed by atoms with E-state index in [9.17, 15) is 0 Å². The van der Waals surface area contributed by atoms with Crippen molar-refractivity contribution in [2.45, 2.75) is 38.3 Å². The van der Waals surface area contributed by atoms with E-state index in [1.807, 2.05) is 12.4 Å². The standard InChI is InChI=1S/C13H23N3O2/c1-3-4-6-14-12-15-7-8-16(12)10-13(17-2)5-9-18-11-13/h7-8H,3-6,9-11H2,1-2H3,(H,14,15). The molecule has 1 unspecified atom stereocenters. The quantitative estimate of drug-likeness (QED) is 0.754. The second kappa shape index (κ2) is 6.20. The maximum Gasteiger partial charge on any atom is 0.202 e. The first-order valence-corrected chi connectivity index (χ1v) is 6.67. The first-order valence-electron chi connectivity index (χ1n) is 6.67. The van der Waals surface area contributed by atoms with Gasteiger partial charge in [-0.1, -0.05) is 13.3 Å². The molecule has 5 heteroatoms. The zero-order chi connectivity index (χ0) is 12.8. The van der Waals surface area contributed by atoms with Crippen LogP contribution >= 0.6 is 0 Å². The molecular formula is C13H23N3O2. The number of ether oxygens (including phenoxy) is 2. The summed E-state index contributed by atoms with van der Waals surface area (Å²) in [5.41, 5.74) is -0.193. The SMILES string of the molecule is CCCCNc1nccn1CC1(OC)CCOC1. The van der Waals surface area contributed by atoms with Gasteiger partial charge < -0.3 is 19.4 Å². The molecule has 0 radical (unpaired) electrons. The van der Waals surface area contributed by atoms with E-state index >= 15 is 0 Å². The Morgan fingerprint density at radius 1 is 1.61 bits per heavy atom. The monoisotopic (exact) mass is 253 g/mol. The van der Waals surface area contributed by atoms with Gasteiger partial charge in [0.15, 0.2) is 0 Å². The van der Waals surface area contributed by atoms with Crippen molar-refractivity contribution in [1.82, 2.24) is 9.55 Å². The number of imidazole rings is 1. The van der Waals surface area contributed by atoms with Gasteiger partial charge in [0.1, 0.15) is 5.60 Å². The predicted octanol–water partition coefficient (Wildman–Crippen LogP) is 1.90. The van der Waals surface area contributed by atoms with Gasteiger partial charge in [-0.2, -0.15) is 0 Å². The maximum atomic E-state index is 5.65. The Kier molecular flexibility index (Phi) is 4.60. The Morgan fingerprint density at radius 2 is 2.50 bits per heavy atom. The van der Waals surface area contributed by atoms with Crippen LogP contribution in [0.4, 0.5) is 5.95 Å². The molecule has 0 aromatic carbocycles.